The smallest absolute Gasteiger partial charge is 0.0589 e. The van der Waals surface area contributed by atoms with Crippen LogP contribution in [-0.2, 0) is 9.47 Å². The fourth-order valence-electron chi connectivity index (χ4n) is 3.23. The molecule has 1 saturated carbocycles. The Balaban J connectivity index is 1.89. The molecule has 1 aliphatic heterocycles. The number of nitrogens with zero attached hydrogens (tertiary/aromatic N) is 1. The SMILES string of the molecule is CCCNCC1(CN(CCOC)C2CC2)CCCOC1. The Bertz CT molecular complexity index is 263. The molecule has 2 aliphatic rings. The molecule has 0 amide bonds. The van der Waals surface area contributed by atoms with Gasteiger partial charge in [-0.05, 0) is 38.6 Å². The maximum atomic E-state index is 5.82. The standard InChI is InChI=1S/C16H32N2O2/c1-3-8-17-12-16(7-4-10-20-14-16)13-18(9-11-19-2)15-5-6-15/h15,17H,3-14H2,1-2H3. The topological polar surface area (TPSA) is 33.7 Å². The Morgan fingerprint density at radius 1 is 1.40 bits per heavy atom. The van der Waals surface area contributed by atoms with Crippen LogP contribution in [0.2, 0.25) is 0 Å². The van der Waals surface area contributed by atoms with Crippen LogP contribution < -0.4 is 5.32 Å². The predicted octanol–water partition coefficient (Wildman–Crippen LogP) is 1.89. The Morgan fingerprint density at radius 2 is 2.25 bits per heavy atom. The van der Waals surface area contributed by atoms with Crippen LogP contribution in [0.3, 0.4) is 0 Å². The molecule has 1 heterocycles. The molecule has 0 bridgehead atoms. The summed E-state index contributed by atoms with van der Waals surface area (Å²) in [5.41, 5.74) is 0.309. The maximum absolute atomic E-state index is 5.82. The molecule has 2 rings (SSSR count). The van der Waals surface area contributed by atoms with Crippen molar-refractivity contribution in [3.8, 4) is 0 Å². The van der Waals surface area contributed by atoms with Gasteiger partial charge < -0.3 is 14.8 Å². The van der Waals surface area contributed by atoms with Gasteiger partial charge in [-0.1, -0.05) is 6.92 Å². The number of ether oxygens (including phenoxy) is 2. The van der Waals surface area contributed by atoms with Crippen LogP contribution in [0, 0.1) is 5.41 Å². The summed E-state index contributed by atoms with van der Waals surface area (Å²) in [6.07, 6.45) is 6.43. The molecule has 0 spiro atoms. The average Bonchev–Trinajstić information content (AvgIpc) is 3.29. The van der Waals surface area contributed by atoms with Crippen LogP contribution >= 0.6 is 0 Å². The van der Waals surface area contributed by atoms with E-state index in [1.807, 2.05) is 0 Å². The van der Waals surface area contributed by atoms with Crippen molar-refractivity contribution in [1.29, 1.82) is 0 Å². The van der Waals surface area contributed by atoms with Crippen LogP contribution in [-0.4, -0.2) is 64.1 Å². The lowest BCUT2D eigenvalue weighted by Gasteiger charge is -2.41. The highest BCUT2D eigenvalue weighted by molar-refractivity contribution is 4.92. The van der Waals surface area contributed by atoms with Gasteiger partial charge in [-0.2, -0.15) is 0 Å². The third-order valence-electron chi connectivity index (χ3n) is 4.52. The molecule has 1 saturated heterocycles. The minimum absolute atomic E-state index is 0.309. The van der Waals surface area contributed by atoms with E-state index in [-0.39, 0.29) is 0 Å². The molecule has 0 radical (unpaired) electrons. The lowest BCUT2D eigenvalue weighted by molar-refractivity contribution is -0.0302. The Labute approximate surface area is 124 Å². The van der Waals surface area contributed by atoms with Gasteiger partial charge in [0.25, 0.3) is 0 Å². The average molecular weight is 284 g/mol. The number of nitrogens with one attached hydrogen (secondary N) is 1. The van der Waals surface area contributed by atoms with Crippen LogP contribution in [0.15, 0.2) is 0 Å². The van der Waals surface area contributed by atoms with Gasteiger partial charge in [0.1, 0.15) is 0 Å². The van der Waals surface area contributed by atoms with Crippen molar-refractivity contribution in [2.24, 2.45) is 5.41 Å². The van der Waals surface area contributed by atoms with Gasteiger partial charge in [0, 0.05) is 44.8 Å². The van der Waals surface area contributed by atoms with E-state index in [1.54, 1.807) is 7.11 Å². The highest BCUT2D eigenvalue weighted by Crippen LogP contribution is 2.34. The van der Waals surface area contributed by atoms with Gasteiger partial charge in [0.15, 0.2) is 0 Å². The van der Waals surface area contributed by atoms with E-state index in [9.17, 15) is 0 Å². The van der Waals surface area contributed by atoms with Crippen LogP contribution in [0.5, 0.6) is 0 Å². The van der Waals surface area contributed by atoms with Crippen molar-refractivity contribution in [2.75, 3.05) is 53.1 Å². The Kier molecular flexibility index (Phi) is 6.75. The van der Waals surface area contributed by atoms with E-state index in [4.69, 9.17) is 9.47 Å². The third kappa shape index (κ3) is 4.99. The summed E-state index contributed by atoms with van der Waals surface area (Å²) in [7, 11) is 1.80. The second-order valence-corrected chi connectivity index (χ2v) is 6.53. The zero-order chi connectivity index (χ0) is 14.3. The molecule has 1 aliphatic carbocycles. The Morgan fingerprint density at radius 3 is 2.85 bits per heavy atom. The zero-order valence-electron chi connectivity index (χ0n) is 13.3. The normalized spacial score (nSPS) is 27.1. The van der Waals surface area contributed by atoms with E-state index < -0.39 is 0 Å². The van der Waals surface area contributed by atoms with Crippen LogP contribution in [0.4, 0.5) is 0 Å². The first kappa shape index (κ1) is 16.2. The molecule has 4 nitrogen and oxygen atoms in total. The highest BCUT2D eigenvalue weighted by atomic mass is 16.5. The van der Waals surface area contributed by atoms with Gasteiger partial charge in [0.2, 0.25) is 0 Å². The molecule has 118 valence electrons. The summed E-state index contributed by atoms with van der Waals surface area (Å²) < 4.78 is 11.1. The Hall–Kier alpha value is -0.160. The van der Waals surface area contributed by atoms with E-state index in [0.29, 0.717) is 5.41 Å². The first-order chi connectivity index (χ1) is 9.79. The lowest BCUT2D eigenvalue weighted by Crippen LogP contribution is -2.50. The first-order valence-corrected chi connectivity index (χ1v) is 8.31. The summed E-state index contributed by atoms with van der Waals surface area (Å²) in [5.74, 6) is 0. The van der Waals surface area contributed by atoms with Gasteiger partial charge >= 0.3 is 0 Å². The van der Waals surface area contributed by atoms with Crippen molar-refractivity contribution in [2.45, 2.75) is 45.1 Å². The largest absolute Gasteiger partial charge is 0.383 e. The van der Waals surface area contributed by atoms with Crippen molar-refractivity contribution >= 4 is 0 Å². The van der Waals surface area contributed by atoms with Gasteiger partial charge in [-0.25, -0.2) is 0 Å². The van der Waals surface area contributed by atoms with Crippen molar-refractivity contribution < 1.29 is 9.47 Å². The van der Waals surface area contributed by atoms with Gasteiger partial charge in [-0.3, -0.25) is 4.90 Å². The van der Waals surface area contributed by atoms with E-state index in [2.05, 4.69) is 17.1 Å². The molecule has 2 fully saturated rings. The quantitative estimate of drug-likeness (QED) is 0.621. The molecule has 0 aromatic carbocycles. The number of methoxy groups -OCH3 is 1. The molecule has 20 heavy (non-hydrogen) atoms. The second-order valence-electron chi connectivity index (χ2n) is 6.53. The molecule has 1 N–H and O–H groups in total. The molecule has 0 aromatic heterocycles. The molecule has 4 heteroatoms. The van der Waals surface area contributed by atoms with E-state index >= 15 is 0 Å². The van der Waals surface area contributed by atoms with E-state index in [1.165, 1.54) is 32.1 Å². The van der Waals surface area contributed by atoms with Gasteiger partial charge in [0.05, 0.1) is 13.2 Å². The molecule has 1 unspecified atom stereocenters. The van der Waals surface area contributed by atoms with Crippen LogP contribution in [0.1, 0.15) is 39.0 Å². The summed E-state index contributed by atoms with van der Waals surface area (Å²) in [4.78, 5) is 2.64. The number of hydrogen-bond donors (Lipinski definition) is 1. The number of rotatable bonds is 10. The summed E-state index contributed by atoms with van der Waals surface area (Å²) in [5, 5.41) is 3.63. The number of hydrogen-bond acceptors (Lipinski definition) is 4. The molecular formula is C16H32N2O2. The van der Waals surface area contributed by atoms with Crippen molar-refractivity contribution in [1.82, 2.24) is 10.2 Å². The second kappa shape index (κ2) is 8.32. The zero-order valence-corrected chi connectivity index (χ0v) is 13.3. The predicted molar refractivity (Wildman–Crippen MR) is 82.1 cm³/mol. The minimum atomic E-state index is 0.309. The van der Waals surface area contributed by atoms with Crippen LogP contribution in [0.25, 0.3) is 0 Å². The fraction of sp³-hybridized carbons (Fsp3) is 1.00. The monoisotopic (exact) mass is 284 g/mol. The first-order valence-electron chi connectivity index (χ1n) is 8.31. The fourth-order valence-corrected chi connectivity index (χ4v) is 3.23. The maximum Gasteiger partial charge on any atom is 0.0589 e. The van der Waals surface area contributed by atoms with E-state index in [0.717, 1.165) is 52.0 Å². The third-order valence-corrected chi connectivity index (χ3v) is 4.52. The van der Waals surface area contributed by atoms with Crippen molar-refractivity contribution in [3.05, 3.63) is 0 Å². The van der Waals surface area contributed by atoms with Crippen molar-refractivity contribution in [3.63, 3.8) is 0 Å². The lowest BCUT2D eigenvalue weighted by atomic mass is 9.81. The molecule has 0 aromatic rings. The van der Waals surface area contributed by atoms with Gasteiger partial charge in [-0.15, -0.1) is 0 Å². The summed E-state index contributed by atoms with van der Waals surface area (Å²) in [6, 6.07) is 0.801. The summed E-state index contributed by atoms with van der Waals surface area (Å²) in [6.45, 7) is 9.37. The molecular weight excluding hydrogens is 252 g/mol. The molecule has 1 atom stereocenters. The minimum Gasteiger partial charge on any atom is -0.383 e. The highest BCUT2D eigenvalue weighted by Gasteiger charge is 2.38. The summed E-state index contributed by atoms with van der Waals surface area (Å²) >= 11 is 0.